The monoisotopic (exact) mass is 613 g/mol. The SMILES string of the molecule is N#Cc1ccc2c3nc4nc(nc5[nH]c(nc6nc(nc([nH]3)c2c1N)-c1ccccc1-6)c1ccccc51)-c1ccccc1-4.[Co]. The third kappa shape index (κ3) is 3.65. The van der Waals surface area contributed by atoms with Crippen molar-refractivity contribution in [2.45, 2.75) is 0 Å². The van der Waals surface area contributed by atoms with E-state index in [9.17, 15) is 5.26 Å². The van der Waals surface area contributed by atoms with Crippen molar-refractivity contribution in [3.8, 4) is 51.6 Å². The Morgan fingerprint density at radius 1 is 0.500 bits per heavy atom. The van der Waals surface area contributed by atoms with E-state index in [4.69, 9.17) is 35.6 Å². The van der Waals surface area contributed by atoms with Crippen LogP contribution in [0.1, 0.15) is 5.56 Å². The molecule has 7 aromatic rings. The maximum Gasteiger partial charge on any atom is 0.164 e. The quantitative estimate of drug-likeness (QED) is 0.168. The molecule has 5 heterocycles. The first-order valence-electron chi connectivity index (χ1n) is 13.6. The topological polar surface area (TPSA) is 159 Å². The molecule has 0 saturated heterocycles. The van der Waals surface area contributed by atoms with E-state index in [0.29, 0.717) is 67.9 Å². The molecule has 0 aliphatic carbocycles. The minimum atomic E-state index is 0. The number of hydrogen-bond acceptors (Lipinski definition) is 8. The van der Waals surface area contributed by atoms with Gasteiger partial charge in [0.25, 0.3) is 0 Å². The number of anilines is 1. The van der Waals surface area contributed by atoms with Crippen LogP contribution in [0.2, 0.25) is 0 Å². The molecule has 2 aliphatic heterocycles. The van der Waals surface area contributed by atoms with E-state index in [0.717, 1.165) is 33.0 Å². The van der Waals surface area contributed by atoms with Gasteiger partial charge in [-0.2, -0.15) is 5.26 Å². The summed E-state index contributed by atoms with van der Waals surface area (Å²) in [7, 11) is 0. The molecule has 44 heavy (non-hydrogen) atoms. The average Bonchev–Trinajstić information content (AvgIpc) is 3.77. The van der Waals surface area contributed by atoms with Crippen molar-refractivity contribution in [2.24, 2.45) is 0 Å². The van der Waals surface area contributed by atoms with Gasteiger partial charge in [0.15, 0.2) is 23.3 Å². The van der Waals surface area contributed by atoms with Crippen molar-refractivity contribution in [2.75, 3.05) is 5.73 Å². The number of benzene rings is 4. The number of fused-ring (bicyclic) bond motifs is 20. The first kappa shape index (κ1) is 25.7. The van der Waals surface area contributed by atoms with E-state index in [-0.39, 0.29) is 16.8 Å². The first-order chi connectivity index (χ1) is 21.2. The molecule has 0 saturated carbocycles. The Morgan fingerprint density at radius 2 is 0.909 bits per heavy atom. The van der Waals surface area contributed by atoms with Gasteiger partial charge in [-0.1, -0.05) is 72.8 Å². The molecule has 0 amide bonds. The maximum atomic E-state index is 9.73. The minimum absolute atomic E-state index is 0. The van der Waals surface area contributed by atoms with Gasteiger partial charge in [-0.15, -0.1) is 0 Å². The van der Waals surface area contributed by atoms with Crippen LogP contribution in [0.5, 0.6) is 0 Å². The fraction of sp³-hybridized carbons (Fsp3) is 0. The van der Waals surface area contributed by atoms with Crippen molar-refractivity contribution in [1.82, 2.24) is 39.9 Å². The van der Waals surface area contributed by atoms with Crippen molar-refractivity contribution >= 4 is 49.8 Å². The predicted molar refractivity (Wildman–Crippen MR) is 165 cm³/mol. The molecule has 0 atom stereocenters. The van der Waals surface area contributed by atoms with Gasteiger partial charge in [0.2, 0.25) is 0 Å². The molecule has 2 aliphatic rings. The van der Waals surface area contributed by atoms with Gasteiger partial charge in [-0.05, 0) is 12.1 Å². The van der Waals surface area contributed by atoms with Gasteiger partial charge in [0, 0.05) is 55.2 Å². The predicted octanol–water partition coefficient (Wildman–Crippen LogP) is 6.32. The van der Waals surface area contributed by atoms with Crippen molar-refractivity contribution in [3.05, 3.63) is 90.5 Å². The van der Waals surface area contributed by atoms with Crippen LogP contribution in [0.4, 0.5) is 5.69 Å². The molecule has 3 aromatic heterocycles. The van der Waals surface area contributed by atoms with Crippen LogP contribution >= 0.6 is 0 Å². The summed E-state index contributed by atoms with van der Waals surface area (Å²) < 4.78 is 0. The number of H-pyrrole nitrogens is 2. The summed E-state index contributed by atoms with van der Waals surface area (Å²) >= 11 is 0. The van der Waals surface area contributed by atoms with Crippen molar-refractivity contribution in [1.29, 1.82) is 5.26 Å². The molecule has 1 radical (unpaired) electrons. The van der Waals surface area contributed by atoms with E-state index in [1.807, 2.05) is 78.9 Å². The number of nitriles is 1. The molecule has 4 N–H and O–H groups in total. The molecule has 0 spiro atoms. The first-order valence-corrected chi connectivity index (χ1v) is 13.6. The summed E-state index contributed by atoms with van der Waals surface area (Å²) in [6.45, 7) is 0. The van der Waals surface area contributed by atoms with Gasteiger partial charge in [-0.25, -0.2) is 29.9 Å². The molecular weight excluding hydrogens is 595 g/mol. The number of rotatable bonds is 0. The summed E-state index contributed by atoms with van der Waals surface area (Å²) in [4.78, 5) is 36.4. The van der Waals surface area contributed by atoms with Crippen LogP contribution in [0, 0.1) is 11.3 Å². The van der Waals surface area contributed by atoms with Gasteiger partial charge in [-0.3, -0.25) is 0 Å². The van der Waals surface area contributed by atoms with Crippen LogP contribution in [0.25, 0.3) is 89.7 Å². The zero-order valence-corrected chi connectivity index (χ0v) is 23.7. The largest absolute Gasteiger partial charge is 0.397 e. The van der Waals surface area contributed by atoms with E-state index in [1.54, 1.807) is 6.07 Å². The summed E-state index contributed by atoms with van der Waals surface area (Å²) in [6.07, 6.45) is 0. The molecule has 0 unspecified atom stereocenters. The van der Waals surface area contributed by atoms with Crippen LogP contribution in [0.3, 0.4) is 0 Å². The Kier molecular flexibility index (Phi) is 5.57. The second-order valence-electron chi connectivity index (χ2n) is 10.3. The van der Waals surface area contributed by atoms with Gasteiger partial charge in [0.1, 0.15) is 28.7 Å². The maximum absolute atomic E-state index is 9.73. The van der Waals surface area contributed by atoms with Gasteiger partial charge in [0.05, 0.1) is 16.6 Å². The second kappa shape index (κ2) is 9.53. The number of hydrogen-bond donors (Lipinski definition) is 3. The molecule has 0 fully saturated rings. The summed E-state index contributed by atoms with van der Waals surface area (Å²) in [5, 5.41) is 12.9. The minimum Gasteiger partial charge on any atom is -0.397 e. The van der Waals surface area contributed by atoms with E-state index in [2.05, 4.69) is 16.0 Å². The van der Waals surface area contributed by atoms with Crippen LogP contribution < -0.4 is 5.73 Å². The summed E-state index contributed by atoms with van der Waals surface area (Å²) in [5.41, 5.74) is 12.8. The Hall–Kier alpha value is -5.96. The Morgan fingerprint density at radius 3 is 1.39 bits per heavy atom. The molecule has 8 bridgehead atoms. The number of nitrogens with zero attached hydrogens (tertiary/aromatic N) is 7. The summed E-state index contributed by atoms with van der Waals surface area (Å²) in [5.74, 6) is 2.02. The smallest absolute Gasteiger partial charge is 0.164 e. The normalized spacial score (nSPS) is 11.5. The number of nitrogens with one attached hydrogen (secondary N) is 2. The molecule has 209 valence electrons. The zero-order chi connectivity index (χ0) is 28.7. The van der Waals surface area contributed by atoms with Gasteiger partial charge < -0.3 is 15.7 Å². The molecule has 9 rings (SSSR count). The number of aromatic amines is 2. The van der Waals surface area contributed by atoms with Crippen LogP contribution in [-0.4, -0.2) is 39.9 Å². The average molecular weight is 614 g/mol. The van der Waals surface area contributed by atoms with Crippen molar-refractivity contribution < 1.29 is 16.8 Å². The van der Waals surface area contributed by atoms with Gasteiger partial charge >= 0.3 is 0 Å². The standard InChI is InChI=1S/C33H18N10.Co/c34-15-16-13-14-23-24(25(16)35)33-42-31-22-12-6-5-11-21(22)29(40-31)38-27-18-8-2-1-7-17(18)26(36-27)37-28-19-9-3-4-10-20(19)30(39-28)41-32(23)43-33;/h1-14H,35H2,(H2,36,37,38,39,40,41,42,43);. The molecule has 11 heteroatoms. The fourth-order valence-corrected chi connectivity index (χ4v) is 5.86. The molecule has 4 aromatic carbocycles. The van der Waals surface area contributed by atoms with E-state index >= 15 is 0 Å². The summed E-state index contributed by atoms with van der Waals surface area (Å²) in [6, 6.07) is 29.3. The Balaban J connectivity index is 0.00000289. The Bertz CT molecular complexity index is 2550. The Labute approximate surface area is 258 Å². The second-order valence-corrected chi connectivity index (χ2v) is 10.3. The molecular formula is C33H18CoN10. The van der Waals surface area contributed by atoms with Crippen LogP contribution in [-0.2, 0) is 16.8 Å². The fourth-order valence-electron chi connectivity index (χ4n) is 5.86. The third-order valence-corrected chi connectivity index (χ3v) is 7.88. The third-order valence-electron chi connectivity index (χ3n) is 7.88. The van der Waals surface area contributed by atoms with E-state index < -0.39 is 0 Å². The number of aromatic nitrogens is 8. The van der Waals surface area contributed by atoms with Crippen molar-refractivity contribution in [3.63, 3.8) is 0 Å². The number of nitrogens with two attached hydrogens (primary N) is 1. The van der Waals surface area contributed by atoms with Crippen LogP contribution in [0.15, 0.2) is 84.9 Å². The zero-order valence-electron chi connectivity index (χ0n) is 22.6. The number of nitrogen functional groups attached to an aromatic ring is 1. The molecule has 10 nitrogen and oxygen atoms in total. The van der Waals surface area contributed by atoms with E-state index in [1.165, 1.54) is 0 Å².